The van der Waals surface area contributed by atoms with Crippen LogP contribution >= 0.6 is 0 Å². The molecule has 1 aromatic carbocycles. The number of aryl methyl sites for hydroxylation is 1. The number of nitrogens with one attached hydrogen (secondary N) is 1. The van der Waals surface area contributed by atoms with E-state index < -0.39 is 0 Å². The largest absolute Gasteiger partial charge is 0.477 e. The van der Waals surface area contributed by atoms with Gasteiger partial charge in [0.1, 0.15) is 0 Å². The number of rotatable bonds is 6. The molecule has 0 fully saturated rings. The smallest absolute Gasteiger partial charge is 0.255 e. The van der Waals surface area contributed by atoms with Crippen molar-refractivity contribution in [1.82, 2.24) is 9.55 Å². The number of benzene rings is 1. The fourth-order valence-electron chi connectivity index (χ4n) is 2.35. The molecule has 6 heteroatoms. The highest BCUT2D eigenvalue weighted by Crippen LogP contribution is 2.13. The highest BCUT2D eigenvalue weighted by Gasteiger charge is 2.08. The van der Waals surface area contributed by atoms with E-state index in [9.17, 15) is 9.59 Å². The number of aromatic nitrogens is 2. The van der Waals surface area contributed by atoms with Crippen LogP contribution in [-0.4, -0.2) is 22.1 Å². The zero-order valence-electron chi connectivity index (χ0n) is 14.4. The molecule has 132 valence electrons. The number of hydrogen-bond acceptors (Lipinski definition) is 4. The van der Waals surface area contributed by atoms with Gasteiger partial charge < -0.3 is 14.6 Å². The van der Waals surface area contributed by atoms with Gasteiger partial charge in [-0.3, -0.25) is 9.59 Å². The van der Waals surface area contributed by atoms with Crippen LogP contribution in [0, 0.1) is 0 Å². The number of hydrogen-bond donors (Lipinski definition) is 1. The van der Waals surface area contributed by atoms with Crippen LogP contribution in [0.1, 0.15) is 15.9 Å². The number of amides is 1. The summed E-state index contributed by atoms with van der Waals surface area (Å²) in [5, 5.41) is 2.71. The Bertz CT molecular complexity index is 935. The lowest BCUT2D eigenvalue weighted by atomic mass is 10.2. The van der Waals surface area contributed by atoms with E-state index in [4.69, 9.17) is 4.74 Å². The first-order valence-electron chi connectivity index (χ1n) is 8.22. The zero-order chi connectivity index (χ0) is 18.4. The highest BCUT2D eigenvalue weighted by atomic mass is 16.5. The first kappa shape index (κ1) is 17.4. The lowest BCUT2D eigenvalue weighted by Gasteiger charge is -2.08. The Morgan fingerprint density at radius 1 is 1.15 bits per heavy atom. The summed E-state index contributed by atoms with van der Waals surface area (Å²) in [5.41, 5.74) is 1.80. The molecule has 0 saturated carbocycles. The molecule has 3 rings (SSSR count). The number of carbonyl (C=O) groups excluding carboxylic acids is 1. The Hall–Kier alpha value is -3.41. The Labute approximate surface area is 151 Å². The monoisotopic (exact) mass is 349 g/mol. The maximum Gasteiger partial charge on any atom is 0.255 e. The van der Waals surface area contributed by atoms with Crippen molar-refractivity contribution in [1.29, 1.82) is 0 Å². The van der Waals surface area contributed by atoms with E-state index in [0.29, 0.717) is 23.7 Å². The van der Waals surface area contributed by atoms with Gasteiger partial charge in [-0.1, -0.05) is 30.3 Å². The maximum atomic E-state index is 12.2. The van der Waals surface area contributed by atoms with Crippen LogP contribution in [0.15, 0.2) is 71.8 Å². The summed E-state index contributed by atoms with van der Waals surface area (Å²) in [7, 11) is 1.63. The van der Waals surface area contributed by atoms with Crippen molar-refractivity contribution in [3.8, 4) is 5.88 Å². The first-order valence-corrected chi connectivity index (χ1v) is 8.22. The van der Waals surface area contributed by atoms with Crippen molar-refractivity contribution in [3.63, 3.8) is 0 Å². The van der Waals surface area contributed by atoms with Crippen molar-refractivity contribution in [3.05, 3.63) is 88.5 Å². The second-order valence-electron chi connectivity index (χ2n) is 5.79. The normalized spacial score (nSPS) is 10.3. The van der Waals surface area contributed by atoms with Crippen LogP contribution in [0.25, 0.3) is 0 Å². The van der Waals surface area contributed by atoms with Gasteiger partial charge in [-0.15, -0.1) is 0 Å². The van der Waals surface area contributed by atoms with E-state index in [1.165, 1.54) is 22.4 Å². The lowest BCUT2D eigenvalue weighted by molar-refractivity contribution is 0.102. The number of nitrogens with zero attached hydrogens (tertiary/aromatic N) is 2. The third-order valence-corrected chi connectivity index (χ3v) is 3.84. The summed E-state index contributed by atoms with van der Waals surface area (Å²) >= 11 is 0. The van der Waals surface area contributed by atoms with E-state index in [1.807, 2.05) is 30.3 Å². The van der Waals surface area contributed by atoms with Crippen molar-refractivity contribution in [2.45, 2.75) is 6.42 Å². The first-order chi connectivity index (χ1) is 12.6. The van der Waals surface area contributed by atoms with Crippen LogP contribution in [0.2, 0.25) is 0 Å². The Balaban J connectivity index is 1.54. The fourth-order valence-corrected chi connectivity index (χ4v) is 2.35. The van der Waals surface area contributed by atoms with Crippen molar-refractivity contribution >= 4 is 11.6 Å². The van der Waals surface area contributed by atoms with Crippen LogP contribution < -0.4 is 15.6 Å². The number of pyridine rings is 2. The third-order valence-electron chi connectivity index (χ3n) is 3.84. The molecule has 0 bridgehead atoms. The molecule has 2 aromatic heterocycles. The minimum Gasteiger partial charge on any atom is -0.477 e. The quantitative estimate of drug-likeness (QED) is 0.742. The second kappa shape index (κ2) is 8.11. The topological polar surface area (TPSA) is 73.2 Å². The molecule has 1 amide bonds. The van der Waals surface area contributed by atoms with Gasteiger partial charge in [-0.25, -0.2) is 4.98 Å². The Kier molecular flexibility index (Phi) is 5.43. The lowest BCUT2D eigenvalue weighted by Crippen LogP contribution is -2.20. The summed E-state index contributed by atoms with van der Waals surface area (Å²) in [6.07, 6.45) is 3.87. The van der Waals surface area contributed by atoms with Crippen LogP contribution in [0.4, 0.5) is 5.69 Å². The number of anilines is 1. The molecule has 0 unspecified atom stereocenters. The minimum atomic E-state index is -0.359. The van der Waals surface area contributed by atoms with E-state index in [0.717, 1.165) is 6.42 Å². The summed E-state index contributed by atoms with van der Waals surface area (Å²) in [6.45, 7) is 0.524. The van der Waals surface area contributed by atoms with Gasteiger partial charge in [-0.05, 0) is 17.7 Å². The van der Waals surface area contributed by atoms with Gasteiger partial charge in [0.2, 0.25) is 5.88 Å². The van der Waals surface area contributed by atoms with Crippen molar-refractivity contribution < 1.29 is 9.53 Å². The summed E-state index contributed by atoms with van der Waals surface area (Å²) < 4.78 is 7.02. The van der Waals surface area contributed by atoms with E-state index in [-0.39, 0.29) is 11.5 Å². The average molecular weight is 349 g/mol. The molecule has 0 saturated heterocycles. The Morgan fingerprint density at radius 3 is 2.65 bits per heavy atom. The number of ether oxygens (including phenoxy) is 1. The van der Waals surface area contributed by atoms with Crippen LogP contribution in [0.5, 0.6) is 5.88 Å². The molecule has 6 nitrogen and oxygen atoms in total. The average Bonchev–Trinajstić information content (AvgIpc) is 2.66. The molecule has 0 aliphatic carbocycles. The molecular weight excluding hydrogens is 330 g/mol. The van der Waals surface area contributed by atoms with E-state index in [1.54, 1.807) is 31.4 Å². The zero-order valence-corrected chi connectivity index (χ0v) is 14.4. The second-order valence-corrected chi connectivity index (χ2v) is 5.79. The molecule has 0 aliphatic rings. The van der Waals surface area contributed by atoms with Crippen LogP contribution in [0.3, 0.4) is 0 Å². The SMILES string of the molecule is Cn1ccc(C(=O)Nc2ccc(OCCc3ccccc3)nc2)cc1=O. The third kappa shape index (κ3) is 4.57. The standard InChI is InChI=1S/C20H19N3O3/c1-23-11-9-16(13-19(23)24)20(25)22-17-7-8-18(21-14-17)26-12-10-15-5-3-2-4-6-15/h2-9,11,13-14H,10,12H2,1H3,(H,22,25). The molecule has 2 heterocycles. The molecule has 0 atom stereocenters. The molecule has 26 heavy (non-hydrogen) atoms. The minimum absolute atomic E-state index is 0.238. The predicted octanol–water partition coefficient (Wildman–Crippen LogP) is 2.65. The van der Waals surface area contributed by atoms with Gasteiger partial charge in [0.05, 0.1) is 18.5 Å². The molecule has 1 N–H and O–H groups in total. The molecular formula is C20H19N3O3. The van der Waals surface area contributed by atoms with Crippen molar-refractivity contribution in [2.75, 3.05) is 11.9 Å². The van der Waals surface area contributed by atoms with Gasteiger partial charge in [0, 0.05) is 37.4 Å². The number of carbonyl (C=O) groups is 1. The molecule has 3 aromatic rings. The van der Waals surface area contributed by atoms with E-state index in [2.05, 4.69) is 10.3 Å². The van der Waals surface area contributed by atoms with Gasteiger partial charge in [-0.2, -0.15) is 0 Å². The van der Waals surface area contributed by atoms with Gasteiger partial charge >= 0.3 is 0 Å². The Morgan fingerprint density at radius 2 is 1.96 bits per heavy atom. The van der Waals surface area contributed by atoms with Gasteiger partial charge in [0.25, 0.3) is 11.5 Å². The molecule has 0 spiro atoms. The predicted molar refractivity (Wildman–Crippen MR) is 99.5 cm³/mol. The highest BCUT2D eigenvalue weighted by molar-refractivity contribution is 6.04. The van der Waals surface area contributed by atoms with Gasteiger partial charge in [0.15, 0.2) is 0 Å². The van der Waals surface area contributed by atoms with E-state index >= 15 is 0 Å². The molecule has 0 radical (unpaired) electrons. The van der Waals surface area contributed by atoms with Crippen LogP contribution in [-0.2, 0) is 13.5 Å². The maximum absolute atomic E-state index is 12.2. The summed E-state index contributed by atoms with van der Waals surface area (Å²) in [4.78, 5) is 28.0. The molecule has 0 aliphatic heterocycles. The summed E-state index contributed by atoms with van der Waals surface area (Å²) in [5.74, 6) is 0.134. The fraction of sp³-hybridized carbons (Fsp3) is 0.150. The summed E-state index contributed by atoms with van der Waals surface area (Å²) in [6, 6.07) is 16.4. The van der Waals surface area contributed by atoms with Crippen molar-refractivity contribution in [2.24, 2.45) is 7.05 Å².